The standard InChI is InChI=1S/C26H30N2O3/c1-16-12-20(28(4)5)15-23-24(16)25(17-8-7-9-18(13-17)26(29)30-6)21-11-10-19(27(2)3)14-22(21)31-23/h7-11,13-16,20H,12H2,1-6H3. The maximum atomic E-state index is 12.2. The van der Waals surface area contributed by atoms with Gasteiger partial charge in [-0.25, -0.2) is 4.79 Å². The number of carbonyl (C=O) groups is 1. The van der Waals surface area contributed by atoms with Gasteiger partial charge >= 0.3 is 5.97 Å². The highest BCUT2D eigenvalue weighted by atomic mass is 16.5. The van der Waals surface area contributed by atoms with Crippen LogP contribution in [0.4, 0.5) is 5.69 Å². The summed E-state index contributed by atoms with van der Waals surface area (Å²) in [4.78, 5) is 16.5. The van der Waals surface area contributed by atoms with E-state index in [-0.39, 0.29) is 5.97 Å². The molecular formula is C26H30N2O3. The lowest BCUT2D eigenvalue weighted by molar-refractivity contribution is 0.0600. The molecule has 2 unspecified atom stereocenters. The fraction of sp³-hybridized carbons (Fsp3) is 0.346. The molecule has 0 N–H and O–H groups in total. The van der Waals surface area contributed by atoms with Gasteiger partial charge in [-0.3, -0.25) is 0 Å². The Morgan fingerprint density at radius 2 is 1.87 bits per heavy atom. The van der Waals surface area contributed by atoms with Crippen LogP contribution in [-0.4, -0.2) is 52.2 Å². The van der Waals surface area contributed by atoms with Gasteiger partial charge in [-0.15, -0.1) is 0 Å². The molecule has 2 aromatic carbocycles. The fourth-order valence-electron chi connectivity index (χ4n) is 4.45. The van der Waals surface area contributed by atoms with Gasteiger partial charge in [0.1, 0.15) is 11.5 Å². The van der Waals surface area contributed by atoms with Crippen LogP contribution < -0.4 is 9.64 Å². The van der Waals surface area contributed by atoms with E-state index in [1.807, 2.05) is 26.2 Å². The van der Waals surface area contributed by atoms with E-state index in [4.69, 9.17) is 9.47 Å². The molecule has 0 spiro atoms. The molecule has 0 aromatic heterocycles. The highest BCUT2D eigenvalue weighted by Gasteiger charge is 2.34. The van der Waals surface area contributed by atoms with E-state index >= 15 is 0 Å². The van der Waals surface area contributed by atoms with E-state index < -0.39 is 0 Å². The molecule has 31 heavy (non-hydrogen) atoms. The van der Waals surface area contributed by atoms with E-state index in [1.165, 1.54) is 12.7 Å². The number of rotatable bonds is 4. The molecule has 5 heteroatoms. The van der Waals surface area contributed by atoms with Crippen molar-refractivity contribution in [2.75, 3.05) is 40.2 Å². The number of anilines is 1. The Bertz CT molecular complexity index is 1080. The molecule has 2 atom stereocenters. The number of likely N-dealkylation sites (N-methyl/N-ethyl adjacent to an activating group) is 1. The van der Waals surface area contributed by atoms with Crippen molar-refractivity contribution in [2.24, 2.45) is 5.92 Å². The number of methoxy groups -OCH3 is 1. The Kier molecular flexibility index (Phi) is 5.63. The van der Waals surface area contributed by atoms with Gasteiger partial charge in [0.05, 0.1) is 12.7 Å². The van der Waals surface area contributed by atoms with Crippen molar-refractivity contribution in [1.82, 2.24) is 4.90 Å². The molecule has 0 radical (unpaired) electrons. The maximum Gasteiger partial charge on any atom is 0.337 e. The SMILES string of the molecule is COC(=O)c1cccc(C2=C3C(=CC(N(C)C)CC3C)Oc3cc(N(C)C)ccc32)c1. The van der Waals surface area contributed by atoms with Crippen LogP contribution in [0.3, 0.4) is 0 Å². The molecule has 0 bridgehead atoms. The zero-order valence-electron chi connectivity index (χ0n) is 19.1. The molecule has 0 saturated heterocycles. The van der Waals surface area contributed by atoms with Gasteiger partial charge in [0, 0.05) is 43.0 Å². The van der Waals surface area contributed by atoms with Crippen LogP contribution in [0.25, 0.3) is 5.57 Å². The Balaban J connectivity index is 1.96. The minimum absolute atomic E-state index is 0.311. The Hall–Kier alpha value is -3.05. The average Bonchev–Trinajstić information content (AvgIpc) is 2.76. The third-order valence-corrected chi connectivity index (χ3v) is 6.17. The number of fused-ring (bicyclic) bond motifs is 2. The summed E-state index contributed by atoms with van der Waals surface area (Å²) < 4.78 is 11.4. The number of hydrogen-bond acceptors (Lipinski definition) is 5. The number of carbonyl (C=O) groups excluding carboxylic acids is 1. The lowest BCUT2D eigenvalue weighted by Crippen LogP contribution is -2.34. The number of allylic oxidation sites excluding steroid dienone is 1. The molecule has 2 aromatic rings. The summed E-state index contributed by atoms with van der Waals surface area (Å²) in [5.74, 6) is 1.74. The van der Waals surface area contributed by atoms with Crippen molar-refractivity contribution >= 4 is 17.2 Å². The highest BCUT2D eigenvalue weighted by Crippen LogP contribution is 2.48. The van der Waals surface area contributed by atoms with Crippen LogP contribution in [0.5, 0.6) is 5.75 Å². The van der Waals surface area contributed by atoms with Gasteiger partial charge in [0.2, 0.25) is 0 Å². The Labute approximate surface area is 184 Å². The fourth-order valence-corrected chi connectivity index (χ4v) is 4.45. The number of benzene rings is 2. The summed E-state index contributed by atoms with van der Waals surface area (Å²) >= 11 is 0. The van der Waals surface area contributed by atoms with Crippen molar-refractivity contribution < 1.29 is 14.3 Å². The van der Waals surface area contributed by atoms with Gasteiger partial charge in [-0.05, 0) is 67.9 Å². The molecular weight excluding hydrogens is 388 g/mol. The summed E-state index contributed by atoms with van der Waals surface area (Å²) in [5.41, 5.74) is 6.01. The van der Waals surface area contributed by atoms with Gasteiger partial charge < -0.3 is 19.3 Å². The van der Waals surface area contributed by atoms with Crippen LogP contribution >= 0.6 is 0 Å². The van der Waals surface area contributed by atoms with Crippen LogP contribution in [0.2, 0.25) is 0 Å². The second-order valence-electron chi connectivity index (χ2n) is 8.74. The second-order valence-corrected chi connectivity index (χ2v) is 8.74. The van der Waals surface area contributed by atoms with Gasteiger partial charge in [0.25, 0.3) is 0 Å². The first-order valence-corrected chi connectivity index (χ1v) is 10.6. The van der Waals surface area contributed by atoms with E-state index in [2.05, 4.69) is 61.2 Å². The minimum atomic E-state index is -0.331. The molecule has 0 saturated carbocycles. The zero-order chi connectivity index (χ0) is 22.3. The third kappa shape index (κ3) is 3.86. The lowest BCUT2D eigenvalue weighted by Gasteiger charge is -2.37. The van der Waals surface area contributed by atoms with Crippen molar-refractivity contribution in [1.29, 1.82) is 0 Å². The van der Waals surface area contributed by atoms with E-state index in [0.717, 1.165) is 40.3 Å². The first-order chi connectivity index (χ1) is 14.8. The van der Waals surface area contributed by atoms with Gasteiger partial charge in [-0.2, -0.15) is 0 Å². The van der Waals surface area contributed by atoms with Crippen molar-refractivity contribution in [3.8, 4) is 5.75 Å². The predicted octanol–water partition coefficient (Wildman–Crippen LogP) is 4.59. The molecule has 4 rings (SSSR count). The molecule has 1 aliphatic carbocycles. The summed E-state index contributed by atoms with van der Waals surface area (Å²) in [6.07, 6.45) is 3.24. The summed E-state index contributed by atoms with van der Waals surface area (Å²) in [6.45, 7) is 2.26. The first-order valence-electron chi connectivity index (χ1n) is 10.6. The molecule has 0 amide bonds. The van der Waals surface area contributed by atoms with Gasteiger partial charge in [-0.1, -0.05) is 19.1 Å². The Morgan fingerprint density at radius 3 is 2.55 bits per heavy atom. The van der Waals surface area contributed by atoms with Crippen LogP contribution in [0.15, 0.2) is 59.9 Å². The quantitative estimate of drug-likeness (QED) is 0.680. The predicted molar refractivity (Wildman–Crippen MR) is 125 cm³/mol. The molecule has 1 aliphatic heterocycles. The van der Waals surface area contributed by atoms with E-state index in [9.17, 15) is 4.79 Å². The second kappa shape index (κ2) is 8.23. The van der Waals surface area contributed by atoms with E-state index in [0.29, 0.717) is 17.5 Å². The number of esters is 1. The first kappa shape index (κ1) is 21.2. The molecule has 1 heterocycles. The summed E-state index contributed by atoms with van der Waals surface area (Å²) in [7, 11) is 9.66. The van der Waals surface area contributed by atoms with Crippen molar-refractivity contribution in [3.63, 3.8) is 0 Å². The topological polar surface area (TPSA) is 42.0 Å². The average molecular weight is 419 g/mol. The number of ether oxygens (including phenoxy) is 2. The van der Waals surface area contributed by atoms with Crippen LogP contribution in [-0.2, 0) is 4.74 Å². The monoisotopic (exact) mass is 418 g/mol. The normalized spacial score (nSPS) is 19.9. The Morgan fingerprint density at radius 1 is 1.10 bits per heavy atom. The largest absolute Gasteiger partial charge is 0.465 e. The summed E-state index contributed by atoms with van der Waals surface area (Å²) in [6, 6.07) is 14.3. The minimum Gasteiger partial charge on any atom is -0.465 e. The third-order valence-electron chi connectivity index (χ3n) is 6.17. The molecule has 2 aliphatic rings. The molecule has 0 fully saturated rings. The molecule has 162 valence electrons. The van der Waals surface area contributed by atoms with Crippen LogP contribution in [0.1, 0.15) is 34.8 Å². The van der Waals surface area contributed by atoms with Crippen molar-refractivity contribution in [3.05, 3.63) is 76.6 Å². The van der Waals surface area contributed by atoms with Crippen LogP contribution in [0, 0.1) is 5.92 Å². The number of nitrogens with zero attached hydrogens (tertiary/aromatic N) is 2. The maximum absolute atomic E-state index is 12.2. The highest BCUT2D eigenvalue weighted by molar-refractivity contribution is 5.94. The van der Waals surface area contributed by atoms with E-state index in [1.54, 1.807) is 6.07 Å². The lowest BCUT2D eigenvalue weighted by atomic mass is 9.78. The zero-order valence-corrected chi connectivity index (χ0v) is 19.1. The smallest absolute Gasteiger partial charge is 0.337 e. The van der Waals surface area contributed by atoms with Gasteiger partial charge in [0.15, 0.2) is 0 Å². The molecule has 5 nitrogen and oxygen atoms in total. The summed E-state index contributed by atoms with van der Waals surface area (Å²) in [5, 5.41) is 0. The number of hydrogen-bond donors (Lipinski definition) is 0. The van der Waals surface area contributed by atoms with Crippen molar-refractivity contribution in [2.45, 2.75) is 19.4 Å².